The molecule has 0 radical (unpaired) electrons. The van der Waals surface area contributed by atoms with E-state index in [-0.39, 0.29) is 18.4 Å². The van der Waals surface area contributed by atoms with Gasteiger partial charge < -0.3 is 20.3 Å². The molecule has 0 aromatic heterocycles. The Kier molecular flexibility index (Phi) is 10.2. The molecule has 0 atom stereocenters. The van der Waals surface area contributed by atoms with E-state index in [4.69, 9.17) is 4.74 Å². The van der Waals surface area contributed by atoms with Gasteiger partial charge in [-0.2, -0.15) is 0 Å². The zero-order valence-corrected chi connectivity index (χ0v) is 20.6. The van der Waals surface area contributed by atoms with Crippen LogP contribution in [-0.4, -0.2) is 43.0 Å². The topological polar surface area (TPSA) is 70.7 Å². The average molecular weight is 474 g/mol. The first-order valence-corrected chi connectivity index (χ1v) is 12.3. The molecule has 3 aromatic rings. The molecule has 6 nitrogen and oxygen atoms in total. The van der Waals surface area contributed by atoms with E-state index >= 15 is 0 Å². The smallest absolute Gasteiger partial charge is 0.253 e. The first-order valence-electron chi connectivity index (χ1n) is 12.3. The van der Waals surface area contributed by atoms with E-state index in [1.807, 2.05) is 59.5 Å². The van der Waals surface area contributed by atoms with Gasteiger partial charge in [-0.25, -0.2) is 0 Å². The second kappa shape index (κ2) is 13.8. The van der Waals surface area contributed by atoms with E-state index in [0.717, 1.165) is 43.8 Å². The van der Waals surface area contributed by atoms with Gasteiger partial charge >= 0.3 is 0 Å². The van der Waals surface area contributed by atoms with Gasteiger partial charge in [0.2, 0.25) is 5.91 Å². The Hall–Kier alpha value is -3.80. The van der Waals surface area contributed by atoms with Crippen molar-refractivity contribution >= 4 is 23.2 Å². The van der Waals surface area contributed by atoms with Crippen molar-refractivity contribution in [1.82, 2.24) is 4.90 Å². The van der Waals surface area contributed by atoms with Crippen molar-refractivity contribution in [2.75, 3.05) is 36.9 Å². The number of ether oxygens (including phenoxy) is 1. The van der Waals surface area contributed by atoms with Crippen molar-refractivity contribution in [3.05, 3.63) is 90.0 Å². The normalized spacial score (nSPS) is 10.5. The second-order valence-electron chi connectivity index (χ2n) is 8.38. The minimum absolute atomic E-state index is 0.0467. The van der Waals surface area contributed by atoms with Crippen LogP contribution >= 0.6 is 0 Å². The Morgan fingerprint density at radius 1 is 0.800 bits per heavy atom. The van der Waals surface area contributed by atoms with Gasteiger partial charge in [-0.05, 0) is 66.9 Å². The van der Waals surface area contributed by atoms with E-state index < -0.39 is 0 Å². The molecule has 2 amide bonds. The molecule has 3 rings (SSSR count). The van der Waals surface area contributed by atoms with Crippen molar-refractivity contribution in [1.29, 1.82) is 0 Å². The molecular weight excluding hydrogens is 438 g/mol. The number of carbonyl (C=O) groups is 2. The molecule has 6 heteroatoms. The molecular formula is C29H35N3O3. The number of carbonyl (C=O) groups excluding carboxylic acids is 2. The van der Waals surface area contributed by atoms with Crippen molar-refractivity contribution in [3.63, 3.8) is 0 Å². The third-order valence-corrected chi connectivity index (χ3v) is 5.50. The first kappa shape index (κ1) is 25.8. The number of hydrogen-bond donors (Lipinski definition) is 2. The van der Waals surface area contributed by atoms with Crippen LogP contribution in [0, 0.1) is 0 Å². The standard InChI is InChI=1S/C29H35N3O3/c1-3-19-32(20-4-2)29(34)24-10-12-25(13-11-24)30-22-28(33)31-26-14-16-27(17-15-26)35-21-18-23-8-6-5-7-9-23/h5-17,30H,3-4,18-22H2,1-2H3,(H,31,33). The fourth-order valence-corrected chi connectivity index (χ4v) is 3.72. The van der Waals surface area contributed by atoms with Gasteiger partial charge in [-0.15, -0.1) is 0 Å². The Balaban J connectivity index is 1.42. The van der Waals surface area contributed by atoms with Crippen LogP contribution in [0.25, 0.3) is 0 Å². The highest BCUT2D eigenvalue weighted by atomic mass is 16.5. The summed E-state index contributed by atoms with van der Waals surface area (Å²) in [4.78, 5) is 26.9. The molecule has 35 heavy (non-hydrogen) atoms. The molecule has 0 saturated carbocycles. The SMILES string of the molecule is CCCN(CCC)C(=O)c1ccc(NCC(=O)Nc2ccc(OCCc3ccccc3)cc2)cc1. The summed E-state index contributed by atoms with van der Waals surface area (Å²) < 4.78 is 5.79. The van der Waals surface area contributed by atoms with Crippen LogP contribution in [0.3, 0.4) is 0 Å². The minimum atomic E-state index is -0.153. The Labute approximate surface area is 208 Å². The van der Waals surface area contributed by atoms with Crippen LogP contribution in [0.15, 0.2) is 78.9 Å². The summed E-state index contributed by atoms with van der Waals surface area (Å²) in [7, 11) is 0. The molecule has 2 N–H and O–H groups in total. The van der Waals surface area contributed by atoms with E-state index in [1.165, 1.54) is 5.56 Å². The number of hydrogen-bond acceptors (Lipinski definition) is 4. The van der Waals surface area contributed by atoms with Gasteiger partial charge in [0, 0.05) is 36.4 Å². The number of nitrogens with zero attached hydrogens (tertiary/aromatic N) is 1. The lowest BCUT2D eigenvalue weighted by Crippen LogP contribution is -2.32. The Morgan fingerprint density at radius 3 is 2.06 bits per heavy atom. The van der Waals surface area contributed by atoms with Gasteiger partial charge in [0.25, 0.3) is 5.91 Å². The van der Waals surface area contributed by atoms with Gasteiger partial charge in [-0.1, -0.05) is 44.2 Å². The molecule has 0 aliphatic heterocycles. The predicted molar refractivity (Wildman–Crippen MR) is 142 cm³/mol. The van der Waals surface area contributed by atoms with Crippen LogP contribution in [0.1, 0.15) is 42.6 Å². The van der Waals surface area contributed by atoms with E-state index in [1.54, 1.807) is 12.1 Å². The Morgan fingerprint density at radius 2 is 1.43 bits per heavy atom. The summed E-state index contributed by atoms with van der Waals surface area (Å²) >= 11 is 0. The van der Waals surface area contributed by atoms with E-state index in [9.17, 15) is 9.59 Å². The highest BCUT2D eigenvalue weighted by Crippen LogP contribution is 2.17. The number of rotatable bonds is 13. The summed E-state index contributed by atoms with van der Waals surface area (Å²) in [5.74, 6) is 0.661. The second-order valence-corrected chi connectivity index (χ2v) is 8.38. The van der Waals surface area contributed by atoms with Gasteiger partial charge in [-0.3, -0.25) is 9.59 Å². The zero-order valence-electron chi connectivity index (χ0n) is 20.6. The lowest BCUT2D eigenvalue weighted by atomic mass is 10.1. The van der Waals surface area contributed by atoms with Crippen LogP contribution in [0.5, 0.6) is 5.75 Å². The zero-order chi connectivity index (χ0) is 24.9. The van der Waals surface area contributed by atoms with Gasteiger partial charge in [0.05, 0.1) is 13.2 Å². The fraction of sp³-hybridized carbons (Fsp3) is 0.310. The van der Waals surface area contributed by atoms with Crippen LogP contribution in [0.4, 0.5) is 11.4 Å². The van der Waals surface area contributed by atoms with Crippen molar-refractivity contribution < 1.29 is 14.3 Å². The maximum atomic E-state index is 12.7. The largest absolute Gasteiger partial charge is 0.493 e. The van der Waals surface area contributed by atoms with Crippen molar-refractivity contribution in [2.24, 2.45) is 0 Å². The summed E-state index contributed by atoms with van der Waals surface area (Å²) in [5.41, 5.74) is 3.39. The minimum Gasteiger partial charge on any atom is -0.493 e. The lowest BCUT2D eigenvalue weighted by Gasteiger charge is -2.21. The van der Waals surface area contributed by atoms with Crippen LogP contribution < -0.4 is 15.4 Å². The maximum absolute atomic E-state index is 12.7. The molecule has 0 spiro atoms. The van der Waals surface area contributed by atoms with Gasteiger partial charge in [0.15, 0.2) is 0 Å². The Bertz CT molecular complexity index is 1040. The molecule has 0 fully saturated rings. The molecule has 0 heterocycles. The lowest BCUT2D eigenvalue weighted by molar-refractivity contribution is -0.114. The summed E-state index contributed by atoms with van der Waals surface area (Å²) in [6, 6.07) is 24.8. The fourth-order valence-electron chi connectivity index (χ4n) is 3.72. The third kappa shape index (κ3) is 8.49. The van der Waals surface area contributed by atoms with Gasteiger partial charge in [0.1, 0.15) is 5.75 Å². The molecule has 0 unspecified atom stereocenters. The molecule has 3 aromatic carbocycles. The number of nitrogens with one attached hydrogen (secondary N) is 2. The first-order chi connectivity index (χ1) is 17.1. The molecule has 0 aliphatic carbocycles. The average Bonchev–Trinajstić information content (AvgIpc) is 2.89. The highest BCUT2D eigenvalue weighted by molar-refractivity contribution is 5.95. The summed E-state index contributed by atoms with van der Waals surface area (Å²) in [5, 5.41) is 5.98. The van der Waals surface area contributed by atoms with Crippen molar-refractivity contribution in [3.8, 4) is 5.75 Å². The maximum Gasteiger partial charge on any atom is 0.253 e. The third-order valence-electron chi connectivity index (χ3n) is 5.50. The summed E-state index contributed by atoms with van der Waals surface area (Å²) in [6.07, 6.45) is 2.71. The highest BCUT2D eigenvalue weighted by Gasteiger charge is 2.14. The van der Waals surface area contributed by atoms with E-state index in [2.05, 4.69) is 36.6 Å². The molecule has 0 aliphatic rings. The monoisotopic (exact) mass is 473 g/mol. The molecule has 184 valence electrons. The molecule has 0 saturated heterocycles. The summed E-state index contributed by atoms with van der Waals surface area (Å²) in [6.45, 7) is 6.38. The van der Waals surface area contributed by atoms with Crippen LogP contribution in [-0.2, 0) is 11.2 Å². The quantitative estimate of drug-likeness (QED) is 0.338. The number of anilines is 2. The molecule has 0 bridgehead atoms. The predicted octanol–water partition coefficient (Wildman–Crippen LogP) is 5.62. The van der Waals surface area contributed by atoms with E-state index in [0.29, 0.717) is 17.9 Å². The number of benzene rings is 3. The van der Waals surface area contributed by atoms with Crippen LogP contribution in [0.2, 0.25) is 0 Å². The number of amides is 2. The van der Waals surface area contributed by atoms with Crippen molar-refractivity contribution in [2.45, 2.75) is 33.1 Å².